The van der Waals surface area contributed by atoms with Gasteiger partial charge in [-0.2, -0.15) is 0 Å². The van der Waals surface area contributed by atoms with Crippen molar-refractivity contribution in [3.05, 3.63) is 29.3 Å². The van der Waals surface area contributed by atoms with Gasteiger partial charge in [0.25, 0.3) is 0 Å². The first-order chi connectivity index (χ1) is 12.3. The number of fused-ring (bicyclic) bond motifs is 3. The highest BCUT2D eigenvalue weighted by Crippen LogP contribution is 2.48. The maximum atomic E-state index is 12.2. The van der Waals surface area contributed by atoms with Crippen LogP contribution >= 0.6 is 0 Å². The molecule has 3 aliphatic rings. The average molecular weight is 343 g/mol. The van der Waals surface area contributed by atoms with Crippen molar-refractivity contribution in [1.29, 1.82) is 0 Å². The van der Waals surface area contributed by atoms with Gasteiger partial charge in [-0.1, -0.05) is 26.2 Å². The fourth-order valence-corrected chi connectivity index (χ4v) is 4.88. The predicted molar refractivity (Wildman–Crippen MR) is 97.8 cm³/mol. The zero-order chi connectivity index (χ0) is 17.2. The molecule has 0 aromatic heterocycles. The van der Waals surface area contributed by atoms with Crippen LogP contribution in [-0.4, -0.2) is 25.2 Å². The number of rotatable bonds is 4. The number of hydrogen-bond acceptors (Lipinski definition) is 4. The molecule has 3 atom stereocenters. The Labute approximate surface area is 150 Å². The number of benzene rings is 1. The number of esters is 1. The van der Waals surface area contributed by atoms with E-state index in [-0.39, 0.29) is 12.1 Å². The second-order valence-electron chi connectivity index (χ2n) is 7.75. The first-order valence-electron chi connectivity index (χ1n) is 9.97. The molecular weight excluding hydrogens is 314 g/mol. The summed E-state index contributed by atoms with van der Waals surface area (Å²) in [6, 6.07) is 6.43. The number of ether oxygens (including phenoxy) is 2. The third-order valence-corrected chi connectivity index (χ3v) is 6.11. The van der Waals surface area contributed by atoms with Gasteiger partial charge in [0.15, 0.2) is 0 Å². The van der Waals surface area contributed by atoms with E-state index in [1.54, 1.807) is 0 Å². The summed E-state index contributed by atoms with van der Waals surface area (Å²) in [5.41, 5.74) is 2.92. The summed E-state index contributed by atoms with van der Waals surface area (Å²) in [5.74, 6) is 1.05. The van der Waals surface area contributed by atoms with E-state index in [1.807, 2.05) is 25.1 Å². The van der Waals surface area contributed by atoms with Gasteiger partial charge in [0.1, 0.15) is 0 Å². The van der Waals surface area contributed by atoms with E-state index in [0.29, 0.717) is 24.1 Å². The van der Waals surface area contributed by atoms with Crippen LogP contribution in [0.5, 0.6) is 0 Å². The molecule has 1 aromatic carbocycles. The molecule has 1 saturated heterocycles. The van der Waals surface area contributed by atoms with Crippen LogP contribution in [0.15, 0.2) is 18.2 Å². The molecule has 1 aromatic rings. The van der Waals surface area contributed by atoms with E-state index in [4.69, 9.17) is 9.47 Å². The van der Waals surface area contributed by atoms with Crippen LogP contribution in [0.25, 0.3) is 0 Å². The standard InChI is InChI=1S/C21H29NO3/c1-2-11-25-21(23)15-8-9-18-17(13-15)20-16(10-12-24-20)19(22-18)14-6-4-3-5-7-14/h8-9,13-14,16,19-20,22H,2-7,10-12H2,1H3/t16-,19+,20-/m0/s1. The largest absolute Gasteiger partial charge is 0.462 e. The van der Waals surface area contributed by atoms with Gasteiger partial charge >= 0.3 is 5.97 Å². The Morgan fingerprint density at radius 3 is 2.88 bits per heavy atom. The van der Waals surface area contributed by atoms with Crippen LogP contribution in [0.3, 0.4) is 0 Å². The Kier molecular flexibility index (Phi) is 4.98. The van der Waals surface area contributed by atoms with Crippen LogP contribution < -0.4 is 5.32 Å². The summed E-state index contributed by atoms with van der Waals surface area (Å²) in [6.45, 7) is 3.30. The SMILES string of the molecule is CCCOC(=O)c1ccc2c(c1)[C@H]1OCC[C@H]1[C@@H](C1CCCCC1)N2. The number of hydrogen-bond donors (Lipinski definition) is 1. The van der Waals surface area contributed by atoms with E-state index < -0.39 is 0 Å². The van der Waals surface area contributed by atoms with E-state index in [9.17, 15) is 4.79 Å². The molecule has 1 N–H and O–H groups in total. The molecule has 2 aliphatic heterocycles. The number of nitrogens with one attached hydrogen (secondary N) is 1. The molecule has 0 unspecified atom stereocenters. The zero-order valence-electron chi connectivity index (χ0n) is 15.1. The molecule has 1 saturated carbocycles. The molecule has 4 rings (SSSR count). The smallest absolute Gasteiger partial charge is 0.338 e. The first-order valence-corrected chi connectivity index (χ1v) is 9.97. The summed E-state index contributed by atoms with van der Waals surface area (Å²) in [4.78, 5) is 12.2. The molecule has 0 spiro atoms. The number of anilines is 1. The third kappa shape index (κ3) is 3.29. The Morgan fingerprint density at radius 1 is 1.24 bits per heavy atom. The van der Waals surface area contributed by atoms with Gasteiger partial charge < -0.3 is 14.8 Å². The molecule has 136 valence electrons. The van der Waals surface area contributed by atoms with Crippen molar-refractivity contribution < 1.29 is 14.3 Å². The van der Waals surface area contributed by atoms with E-state index in [1.165, 1.54) is 32.1 Å². The van der Waals surface area contributed by atoms with Crippen LogP contribution in [0.4, 0.5) is 5.69 Å². The van der Waals surface area contributed by atoms with Crippen molar-refractivity contribution >= 4 is 11.7 Å². The second-order valence-corrected chi connectivity index (χ2v) is 7.75. The van der Waals surface area contributed by atoms with Gasteiger partial charge in [0, 0.05) is 29.8 Å². The van der Waals surface area contributed by atoms with Gasteiger partial charge in [0.2, 0.25) is 0 Å². The van der Waals surface area contributed by atoms with Gasteiger partial charge in [-0.05, 0) is 49.8 Å². The molecule has 4 heteroatoms. The lowest BCUT2D eigenvalue weighted by molar-refractivity contribution is 0.0503. The Balaban J connectivity index is 1.59. The Morgan fingerprint density at radius 2 is 2.08 bits per heavy atom. The summed E-state index contributed by atoms with van der Waals surface area (Å²) < 4.78 is 11.4. The summed E-state index contributed by atoms with van der Waals surface area (Å²) in [6.07, 6.45) is 8.84. The van der Waals surface area contributed by atoms with Crippen molar-refractivity contribution in [3.8, 4) is 0 Å². The van der Waals surface area contributed by atoms with Crippen molar-refractivity contribution in [2.45, 2.75) is 64.0 Å². The van der Waals surface area contributed by atoms with Crippen molar-refractivity contribution in [3.63, 3.8) is 0 Å². The van der Waals surface area contributed by atoms with Gasteiger partial charge in [-0.25, -0.2) is 4.79 Å². The average Bonchev–Trinajstić information content (AvgIpc) is 3.16. The molecular formula is C21H29NO3. The lowest BCUT2D eigenvalue weighted by Gasteiger charge is -2.42. The van der Waals surface area contributed by atoms with Crippen LogP contribution in [0.2, 0.25) is 0 Å². The molecule has 0 bridgehead atoms. The molecule has 1 aliphatic carbocycles. The highest BCUT2D eigenvalue weighted by molar-refractivity contribution is 5.90. The van der Waals surface area contributed by atoms with Gasteiger partial charge in [0.05, 0.1) is 18.3 Å². The van der Waals surface area contributed by atoms with Gasteiger partial charge in [-0.3, -0.25) is 0 Å². The maximum Gasteiger partial charge on any atom is 0.338 e. The minimum atomic E-state index is -0.228. The topological polar surface area (TPSA) is 47.6 Å². The van der Waals surface area contributed by atoms with Crippen LogP contribution in [0, 0.1) is 11.8 Å². The molecule has 0 radical (unpaired) electrons. The van der Waals surface area contributed by atoms with E-state index >= 15 is 0 Å². The minimum absolute atomic E-state index is 0.127. The Hall–Kier alpha value is -1.55. The second kappa shape index (κ2) is 7.36. The maximum absolute atomic E-state index is 12.2. The number of carbonyl (C=O) groups excluding carboxylic acids is 1. The summed E-state index contributed by atoms with van der Waals surface area (Å²) in [7, 11) is 0. The van der Waals surface area contributed by atoms with Crippen molar-refractivity contribution in [1.82, 2.24) is 0 Å². The first kappa shape index (κ1) is 16.9. The highest BCUT2D eigenvalue weighted by Gasteiger charge is 2.44. The van der Waals surface area contributed by atoms with Crippen molar-refractivity contribution in [2.75, 3.05) is 18.5 Å². The molecule has 4 nitrogen and oxygen atoms in total. The monoisotopic (exact) mass is 343 g/mol. The van der Waals surface area contributed by atoms with Gasteiger partial charge in [-0.15, -0.1) is 0 Å². The predicted octanol–water partition coefficient (Wildman–Crippen LogP) is 4.71. The fourth-order valence-electron chi connectivity index (χ4n) is 4.88. The van der Waals surface area contributed by atoms with E-state index in [2.05, 4.69) is 5.32 Å². The fraction of sp³-hybridized carbons (Fsp3) is 0.667. The lowest BCUT2D eigenvalue weighted by atomic mass is 9.73. The van der Waals surface area contributed by atoms with E-state index in [0.717, 1.165) is 36.6 Å². The van der Waals surface area contributed by atoms with Crippen LogP contribution in [0.1, 0.15) is 73.9 Å². The highest BCUT2D eigenvalue weighted by atomic mass is 16.5. The molecule has 2 fully saturated rings. The normalized spacial score (nSPS) is 28.8. The molecule has 2 heterocycles. The quantitative estimate of drug-likeness (QED) is 0.805. The minimum Gasteiger partial charge on any atom is -0.462 e. The molecule has 0 amide bonds. The summed E-state index contributed by atoms with van der Waals surface area (Å²) in [5, 5.41) is 3.82. The Bertz CT molecular complexity index is 624. The lowest BCUT2D eigenvalue weighted by Crippen LogP contribution is -2.42. The third-order valence-electron chi connectivity index (χ3n) is 6.11. The van der Waals surface area contributed by atoms with Crippen molar-refractivity contribution in [2.24, 2.45) is 11.8 Å². The summed E-state index contributed by atoms with van der Waals surface area (Å²) >= 11 is 0. The number of carbonyl (C=O) groups is 1. The molecule has 25 heavy (non-hydrogen) atoms. The van der Waals surface area contributed by atoms with Crippen LogP contribution in [-0.2, 0) is 9.47 Å². The zero-order valence-corrected chi connectivity index (χ0v) is 15.1.